The van der Waals surface area contributed by atoms with Crippen LogP contribution in [0.5, 0.6) is 11.5 Å². The van der Waals surface area contributed by atoms with Crippen molar-refractivity contribution in [2.45, 2.75) is 19.3 Å². The maximum atomic E-state index is 12.7. The number of methoxy groups -OCH3 is 1. The number of fused-ring (bicyclic) bond motifs is 2. The van der Waals surface area contributed by atoms with Gasteiger partial charge in [0.1, 0.15) is 29.5 Å². The molecule has 1 N–H and O–H groups in total. The number of hydrogen-bond donors (Lipinski definition) is 1. The Balaban J connectivity index is 1.60. The number of ether oxygens (including phenoxy) is 3. The molecule has 0 spiro atoms. The SMILES string of the molecule is COC[C@H]1COc2c(-c3nc4c(Br)cc(OC(F)(F)F)cc4[nH]3)cccc2N1c1ccc(C)cn1. The van der Waals surface area contributed by atoms with Gasteiger partial charge in [-0.1, -0.05) is 12.1 Å². The molecule has 182 valence electrons. The lowest BCUT2D eigenvalue weighted by Crippen LogP contribution is -2.43. The number of anilines is 2. The molecule has 0 radical (unpaired) electrons. The van der Waals surface area contributed by atoms with Gasteiger partial charge >= 0.3 is 6.36 Å². The van der Waals surface area contributed by atoms with Crippen LogP contribution in [0.4, 0.5) is 24.7 Å². The van der Waals surface area contributed by atoms with Crippen molar-refractivity contribution >= 4 is 38.5 Å². The van der Waals surface area contributed by atoms with E-state index < -0.39 is 6.36 Å². The summed E-state index contributed by atoms with van der Waals surface area (Å²) < 4.78 is 54.2. The number of para-hydroxylation sites is 1. The number of pyridine rings is 1. The molecular formula is C24H20BrF3N4O3. The molecule has 2 aromatic carbocycles. The lowest BCUT2D eigenvalue weighted by molar-refractivity contribution is -0.274. The van der Waals surface area contributed by atoms with E-state index in [-0.39, 0.29) is 11.8 Å². The first-order valence-corrected chi connectivity index (χ1v) is 11.4. The number of nitrogens with zero attached hydrogens (tertiary/aromatic N) is 3. The molecule has 7 nitrogen and oxygen atoms in total. The van der Waals surface area contributed by atoms with Gasteiger partial charge in [-0.05, 0) is 52.7 Å². The molecule has 11 heteroatoms. The van der Waals surface area contributed by atoms with Crippen LogP contribution in [-0.2, 0) is 4.74 Å². The molecule has 1 aliphatic rings. The van der Waals surface area contributed by atoms with Crippen molar-refractivity contribution in [2.24, 2.45) is 0 Å². The minimum Gasteiger partial charge on any atom is -0.488 e. The van der Waals surface area contributed by atoms with Crippen molar-refractivity contribution in [3.63, 3.8) is 0 Å². The van der Waals surface area contributed by atoms with E-state index in [4.69, 9.17) is 9.47 Å². The number of rotatable bonds is 5. The van der Waals surface area contributed by atoms with Crippen molar-refractivity contribution in [3.05, 3.63) is 58.7 Å². The van der Waals surface area contributed by atoms with E-state index in [9.17, 15) is 13.2 Å². The maximum absolute atomic E-state index is 12.7. The van der Waals surface area contributed by atoms with Gasteiger partial charge in [-0.25, -0.2) is 9.97 Å². The Bertz CT molecular complexity index is 1380. The number of halogens is 4. The Morgan fingerprint density at radius 2 is 2.06 bits per heavy atom. The topological polar surface area (TPSA) is 72.5 Å². The zero-order chi connectivity index (χ0) is 24.7. The van der Waals surface area contributed by atoms with Crippen molar-refractivity contribution < 1.29 is 27.4 Å². The van der Waals surface area contributed by atoms with E-state index in [1.165, 1.54) is 12.1 Å². The van der Waals surface area contributed by atoms with E-state index in [1.807, 2.05) is 37.3 Å². The number of nitrogens with one attached hydrogen (secondary N) is 1. The molecule has 5 rings (SSSR count). The number of benzene rings is 2. The molecule has 0 aliphatic carbocycles. The molecule has 2 aromatic heterocycles. The van der Waals surface area contributed by atoms with Crippen LogP contribution in [0.3, 0.4) is 0 Å². The quantitative estimate of drug-likeness (QED) is 0.323. The van der Waals surface area contributed by atoms with Gasteiger partial charge in [-0.2, -0.15) is 0 Å². The molecule has 0 saturated carbocycles. The van der Waals surface area contributed by atoms with Gasteiger partial charge in [0, 0.05) is 23.8 Å². The summed E-state index contributed by atoms with van der Waals surface area (Å²) in [7, 11) is 1.63. The Labute approximate surface area is 207 Å². The van der Waals surface area contributed by atoms with Gasteiger partial charge in [-0.3, -0.25) is 0 Å². The summed E-state index contributed by atoms with van der Waals surface area (Å²) in [6, 6.07) is 12.0. The fraction of sp³-hybridized carbons (Fsp3) is 0.250. The first-order chi connectivity index (χ1) is 16.7. The molecule has 0 amide bonds. The fourth-order valence-corrected chi connectivity index (χ4v) is 4.63. The summed E-state index contributed by atoms with van der Waals surface area (Å²) >= 11 is 3.30. The number of aromatic nitrogens is 3. The standard InChI is InChI=1S/C24H20BrF3N4O3/c1-13-6-7-20(29-10-13)32-14(11-33-2)12-34-22-16(4-3-5-19(22)32)23-30-18-9-15(35-24(26,27)28)8-17(25)21(18)31-23/h3-10,14H,11-12H2,1-2H3,(H,30,31)/t14-/m0/s1. The van der Waals surface area contributed by atoms with E-state index in [2.05, 4.69) is 40.5 Å². The average molecular weight is 549 g/mol. The summed E-state index contributed by atoms with van der Waals surface area (Å²) in [5.74, 6) is 1.44. The normalized spacial score (nSPS) is 15.7. The molecule has 0 bridgehead atoms. The summed E-state index contributed by atoms with van der Waals surface area (Å²) in [6.07, 6.45) is -3.00. The minimum absolute atomic E-state index is 0.107. The van der Waals surface area contributed by atoms with Gasteiger partial charge in [-0.15, -0.1) is 13.2 Å². The number of hydrogen-bond acceptors (Lipinski definition) is 6. The second-order valence-electron chi connectivity index (χ2n) is 8.07. The highest BCUT2D eigenvalue weighted by Crippen LogP contribution is 2.44. The van der Waals surface area contributed by atoms with Crippen LogP contribution < -0.4 is 14.4 Å². The van der Waals surface area contributed by atoms with Crippen LogP contribution in [0.15, 0.2) is 53.1 Å². The average Bonchev–Trinajstić information content (AvgIpc) is 3.23. The second-order valence-corrected chi connectivity index (χ2v) is 8.93. The third-order valence-electron chi connectivity index (χ3n) is 5.54. The van der Waals surface area contributed by atoms with E-state index in [0.29, 0.717) is 45.9 Å². The molecule has 3 heterocycles. The van der Waals surface area contributed by atoms with Crippen molar-refractivity contribution in [2.75, 3.05) is 25.2 Å². The Morgan fingerprint density at radius 1 is 1.23 bits per heavy atom. The fourth-order valence-electron chi connectivity index (χ4n) is 4.10. The number of alkyl halides is 3. The molecule has 0 unspecified atom stereocenters. The van der Waals surface area contributed by atoms with Crippen molar-refractivity contribution in [1.82, 2.24) is 15.0 Å². The van der Waals surface area contributed by atoms with Gasteiger partial charge in [0.25, 0.3) is 0 Å². The van der Waals surface area contributed by atoms with Crippen LogP contribution in [0.25, 0.3) is 22.4 Å². The van der Waals surface area contributed by atoms with Crippen LogP contribution in [0.2, 0.25) is 0 Å². The first-order valence-electron chi connectivity index (χ1n) is 10.7. The van der Waals surface area contributed by atoms with Crippen LogP contribution in [0, 0.1) is 6.92 Å². The van der Waals surface area contributed by atoms with Crippen LogP contribution >= 0.6 is 15.9 Å². The van der Waals surface area contributed by atoms with Gasteiger partial charge in [0.15, 0.2) is 5.75 Å². The Hall–Kier alpha value is -3.31. The number of H-pyrrole nitrogens is 1. The minimum atomic E-state index is -4.80. The lowest BCUT2D eigenvalue weighted by atomic mass is 10.1. The molecule has 1 aliphatic heterocycles. The summed E-state index contributed by atoms with van der Waals surface area (Å²) in [5, 5.41) is 0. The zero-order valence-electron chi connectivity index (χ0n) is 18.7. The molecule has 0 saturated heterocycles. The van der Waals surface area contributed by atoms with E-state index in [0.717, 1.165) is 17.1 Å². The summed E-state index contributed by atoms with van der Waals surface area (Å²) in [4.78, 5) is 14.4. The number of aryl methyl sites for hydroxylation is 1. The van der Waals surface area contributed by atoms with E-state index in [1.54, 1.807) is 13.3 Å². The van der Waals surface area contributed by atoms with E-state index >= 15 is 0 Å². The van der Waals surface area contributed by atoms with Gasteiger partial charge in [0.05, 0.1) is 29.4 Å². The highest BCUT2D eigenvalue weighted by atomic mass is 79.9. The van der Waals surface area contributed by atoms with Crippen LogP contribution in [-0.4, -0.2) is 47.7 Å². The molecular weight excluding hydrogens is 529 g/mol. The first kappa shape index (κ1) is 23.4. The smallest absolute Gasteiger partial charge is 0.488 e. The lowest BCUT2D eigenvalue weighted by Gasteiger charge is -2.38. The number of aromatic amines is 1. The molecule has 35 heavy (non-hydrogen) atoms. The van der Waals surface area contributed by atoms with Crippen LogP contribution in [0.1, 0.15) is 5.56 Å². The molecule has 0 fully saturated rings. The third-order valence-corrected chi connectivity index (χ3v) is 6.15. The summed E-state index contributed by atoms with van der Waals surface area (Å²) in [6.45, 7) is 2.75. The highest BCUT2D eigenvalue weighted by molar-refractivity contribution is 9.10. The monoisotopic (exact) mass is 548 g/mol. The predicted molar refractivity (Wildman–Crippen MR) is 128 cm³/mol. The summed E-state index contributed by atoms with van der Waals surface area (Å²) in [5.41, 5.74) is 3.35. The number of imidazole rings is 1. The van der Waals surface area contributed by atoms with Gasteiger partial charge < -0.3 is 24.1 Å². The highest BCUT2D eigenvalue weighted by Gasteiger charge is 2.33. The Morgan fingerprint density at radius 3 is 2.77 bits per heavy atom. The molecule has 4 aromatic rings. The second kappa shape index (κ2) is 9.04. The van der Waals surface area contributed by atoms with Gasteiger partial charge in [0.2, 0.25) is 0 Å². The zero-order valence-corrected chi connectivity index (χ0v) is 20.3. The third kappa shape index (κ3) is 4.65. The van der Waals surface area contributed by atoms with Crippen molar-refractivity contribution in [3.8, 4) is 22.9 Å². The predicted octanol–water partition coefficient (Wildman–Crippen LogP) is 6.14. The largest absolute Gasteiger partial charge is 0.573 e. The Kier molecular flexibility index (Phi) is 6.06. The van der Waals surface area contributed by atoms with Crippen molar-refractivity contribution in [1.29, 1.82) is 0 Å². The maximum Gasteiger partial charge on any atom is 0.573 e. The molecule has 1 atom stereocenters.